The van der Waals surface area contributed by atoms with Crippen LogP contribution < -0.4 is 10.6 Å². The third-order valence-corrected chi connectivity index (χ3v) is 3.09. The first-order valence-electron chi connectivity index (χ1n) is 5.93. The molecule has 2 atom stereocenters. The molecule has 2 unspecified atom stereocenters. The highest BCUT2D eigenvalue weighted by Gasteiger charge is 2.17. The molecule has 1 aliphatic heterocycles. The Morgan fingerprint density at radius 2 is 2.29 bits per heavy atom. The summed E-state index contributed by atoms with van der Waals surface area (Å²) in [7, 11) is 0. The lowest BCUT2D eigenvalue weighted by molar-refractivity contribution is 0.336. The van der Waals surface area contributed by atoms with E-state index in [4.69, 9.17) is 0 Å². The van der Waals surface area contributed by atoms with Crippen LogP contribution in [0.25, 0.3) is 0 Å². The highest BCUT2D eigenvalue weighted by molar-refractivity contribution is 5.35. The van der Waals surface area contributed by atoms with Crippen LogP contribution in [0.4, 0.5) is 14.6 Å². The van der Waals surface area contributed by atoms with Gasteiger partial charge >= 0.3 is 0 Å². The van der Waals surface area contributed by atoms with Crippen LogP contribution >= 0.6 is 0 Å². The molecule has 1 aromatic heterocycles. The predicted molar refractivity (Wildman–Crippen MR) is 62.8 cm³/mol. The standard InChI is InChI=1S/C12H17F2N3/c1-8-2-3-10(15-5-8)7-17-12-11(14)4-9(13)6-16-12/h4,6,8,10,15H,2-3,5,7H2,1H3,(H,16,17). The number of piperidine rings is 1. The summed E-state index contributed by atoms with van der Waals surface area (Å²) in [5.74, 6) is -0.481. The van der Waals surface area contributed by atoms with Gasteiger partial charge in [-0.15, -0.1) is 0 Å². The molecule has 2 N–H and O–H groups in total. The molecular formula is C12H17F2N3. The van der Waals surface area contributed by atoms with E-state index in [2.05, 4.69) is 22.5 Å². The minimum Gasteiger partial charge on any atom is -0.366 e. The monoisotopic (exact) mass is 241 g/mol. The van der Waals surface area contributed by atoms with Crippen LogP contribution in [0, 0.1) is 17.6 Å². The molecule has 1 aromatic rings. The van der Waals surface area contributed by atoms with Gasteiger partial charge in [-0.2, -0.15) is 0 Å². The molecule has 1 fully saturated rings. The van der Waals surface area contributed by atoms with Crippen molar-refractivity contribution >= 4 is 5.82 Å². The second-order valence-corrected chi connectivity index (χ2v) is 4.65. The summed E-state index contributed by atoms with van der Waals surface area (Å²) in [4.78, 5) is 3.69. The van der Waals surface area contributed by atoms with Crippen molar-refractivity contribution in [1.29, 1.82) is 0 Å². The molecule has 1 saturated heterocycles. The van der Waals surface area contributed by atoms with Crippen molar-refractivity contribution in [1.82, 2.24) is 10.3 Å². The van der Waals surface area contributed by atoms with Crippen LogP contribution in [0.1, 0.15) is 19.8 Å². The zero-order chi connectivity index (χ0) is 12.3. The Balaban J connectivity index is 1.85. The Morgan fingerprint density at radius 3 is 2.94 bits per heavy atom. The van der Waals surface area contributed by atoms with Crippen molar-refractivity contribution in [2.75, 3.05) is 18.4 Å². The predicted octanol–water partition coefficient (Wildman–Crippen LogP) is 2.16. The second kappa shape index (κ2) is 5.40. The van der Waals surface area contributed by atoms with E-state index in [1.807, 2.05) is 0 Å². The highest BCUT2D eigenvalue weighted by Crippen LogP contribution is 2.15. The molecule has 1 aliphatic rings. The van der Waals surface area contributed by atoms with Crippen LogP contribution in [0.2, 0.25) is 0 Å². The Kier molecular flexibility index (Phi) is 3.89. The fraction of sp³-hybridized carbons (Fsp3) is 0.583. The Labute approximate surface area is 99.6 Å². The third-order valence-electron chi connectivity index (χ3n) is 3.09. The van der Waals surface area contributed by atoms with Crippen molar-refractivity contribution in [3.63, 3.8) is 0 Å². The molecule has 2 heterocycles. The smallest absolute Gasteiger partial charge is 0.168 e. The zero-order valence-electron chi connectivity index (χ0n) is 9.84. The second-order valence-electron chi connectivity index (χ2n) is 4.65. The van der Waals surface area contributed by atoms with Crippen LogP contribution in [0.3, 0.4) is 0 Å². The first-order chi connectivity index (χ1) is 8.15. The maximum atomic E-state index is 13.3. The first kappa shape index (κ1) is 12.2. The average molecular weight is 241 g/mol. The number of anilines is 1. The largest absolute Gasteiger partial charge is 0.366 e. The molecule has 0 bridgehead atoms. The first-order valence-corrected chi connectivity index (χ1v) is 5.93. The van der Waals surface area contributed by atoms with E-state index in [9.17, 15) is 8.78 Å². The minimum absolute atomic E-state index is 0.117. The van der Waals surface area contributed by atoms with Gasteiger partial charge in [0.2, 0.25) is 0 Å². The lowest BCUT2D eigenvalue weighted by Gasteiger charge is -2.28. The fourth-order valence-corrected chi connectivity index (χ4v) is 2.00. The van der Waals surface area contributed by atoms with Gasteiger partial charge in [-0.1, -0.05) is 6.92 Å². The summed E-state index contributed by atoms with van der Waals surface area (Å²) < 4.78 is 25.9. The van der Waals surface area contributed by atoms with E-state index >= 15 is 0 Å². The van der Waals surface area contributed by atoms with Gasteiger partial charge in [-0.3, -0.25) is 0 Å². The number of hydrogen-bond acceptors (Lipinski definition) is 3. The van der Waals surface area contributed by atoms with Gasteiger partial charge in [0, 0.05) is 18.7 Å². The summed E-state index contributed by atoms with van der Waals surface area (Å²) in [6.07, 6.45) is 3.26. The molecule has 3 nitrogen and oxygen atoms in total. The molecule has 0 aliphatic carbocycles. The average Bonchev–Trinajstić information content (AvgIpc) is 2.30. The quantitative estimate of drug-likeness (QED) is 0.851. The molecule has 0 saturated carbocycles. The van der Waals surface area contributed by atoms with E-state index in [1.165, 1.54) is 6.42 Å². The molecule has 0 amide bonds. The van der Waals surface area contributed by atoms with Crippen LogP contribution in [-0.2, 0) is 0 Å². The van der Waals surface area contributed by atoms with Crippen LogP contribution in [0.5, 0.6) is 0 Å². The third kappa shape index (κ3) is 3.36. The molecule has 2 rings (SSSR count). The number of hydrogen-bond donors (Lipinski definition) is 2. The van der Waals surface area contributed by atoms with Gasteiger partial charge in [0.25, 0.3) is 0 Å². The SMILES string of the molecule is CC1CCC(CNc2ncc(F)cc2F)NC1. The topological polar surface area (TPSA) is 37.0 Å². The molecular weight excluding hydrogens is 224 g/mol. The van der Waals surface area contributed by atoms with Gasteiger partial charge in [0.05, 0.1) is 6.20 Å². The van der Waals surface area contributed by atoms with Gasteiger partial charge in [-0.05, 0) is 25.3 Å². The summed E-state index contributed by atoms with van der Waals surface area (Å²) in [5.41, 5.74) is 0. The lowest BCUT2D eigenvalue weighted by atomic mass is 9.96. The Bertz CT molecular complexity index is 376. The Morgan fingerprint density at radius 1 is 1.47 bits per heavy atom. The Hall–Kier alpha value is -1.23. The van der Waals surface area contributed by atoms with E-state index in [0.29, 0.717) is 18.5 Å². The maximum absolute atomic E-state index is 13.3. The number of aromatic nitrogens is 1. The van der Waals surface area contributed by atoms with Crippen molar-refractivity contribution in [3.8, 4) is 0 Å². The summed E-state index contributed by atoms with van der Waals surface area (Å²) >= 11 is 0. The number of nitrogens with zero attached hydrogens (tertiary/aromatic N) is 1. The molecule has 0 aromatic carbocycles. The van der Waals surface area contributed by atoms with Crippen LogP contribution in [0.15, 0.2) is 12.3 Å². The van der Waals surface area contributed by atoms with E-state index in [1.54, 1.807) is 0 Å². The minimum atomic E-state index is -0.655. The summed E-state index contributed by atoms with van der Waals surface area (Å²) in [5, 5.41) is 6.29. The number of halogens is 2. The molecule has 5 heteroatoms. The summed E-state index contributed by atoms with van der Waals surface area (Å²) in [6, 6.07) is 1.17. The van der Waals surface area contributed by atoms with Crippen molar-refractivity contribution in [3.05, 3.63) is 23.9 Å². The van der Waals surface area contributed by atoms with E-state index in [-0.39, 0.29) is 5.82 Å². The van der Waals surface area contributed by atoms with Crippen molar-refractivity contribution < 1.29 is 8.78 Å². The summed E-state index contributed by atoms with van der Waals surface area (Å²) in [6.45, 7) is 3.81. The van der Waals surface area contributed by atoms with Gasteiger partial charge in [0.1, 0.15) is 5.82 Å². The molecule has 17 heavy (non-hydrogen) atoms. The molecule has 0 radical (unpaired) electrons. The number of pyridine rings is 1. The maximum Gasteiger partial charge on any atom is 0.168 e. The zero-order valence-corrected chi connectivity index (χ0v) is 9.84. The van der Waals surface area contributed by atoms with E-state index in [0.717, 1.165) is 25.2 Å². The van der Waals surface area contributed by atoms with Crippen LogP contribution in [-0.4, -0.2) is 24.1 Å². The molecule has 94 valence electrons. The molecule has 0 spiro atoms. The van der Waals surface area contributed by atoms with E-state index < -0.39 is 11.6 Å². The van der Waals surface area contributed by atoms with Gasteiger partial charge in [0.15, 0.2) is 11.6 Å². The van der Waals surface area contributed by atoms with Crippen molar-refractivity contribution in [2.45, 2.75) is 25.8 Å². The lowest BCUT2D eigenvalue weighted by Crippen LogP contribution is -2.42. The van der Waals surface area contributed by atoms with Gasteiger partial charge < -0.3 is 10.6 Å². The number of rotatable bonds is 3. The van der Waals surface area contributed by atoms with Gasteiger partial charge in [-0.25, -0.2) is 13.8 Å². The fourth-order valence-electron chi connectivity index (χ4n) is 2.00. The normalized spacial score (nSPS) is 24.6. The number of nitrogens with one attached hydrogen (secondary N) is 2. The highest BCUT2D eigenvalue weighted by atomic mass is 19.1. The van der Waals surface area contributed by atoms with Crippen molar-refractivity contribution in [2.24, 2.45) is 5.92 Å².